The van der Waals surface area contributed by atoms with E-state index in [1.807, 2.05) is 30.3 Å². The summed E-state index contributed by atoms with van der Waals surface area (Å²) in [6.45, 7) is 1.72. The van der Waals surface area contributed by atoms with Crippen LogP contribution in [0.4, 0.5) is 0 Å². The Morgan fingerprint density at radius 3 is 2.61 bits per heavy atom. The lowest BCUT2D eigenvalue weighted by molar-refractivity contribution is -0.178. The lowest BCUT2D eigenvalue weighted by Gasteiger charge is -2.36. The van der Waals surface area contributed by atoms with Crippen molar-refractivity contribution in [2.24, 2.45) is 0 Å². The predicted octanol–water partition coefficient (Wildman–Crippen LogP) is 2.79. The minimum atomic E-state index is -1.70. The van der Waals surface area contributed by atoms with Crippen molar-refractivity contribution in [3.8, 4) is 5.75 Å². The molecule has 1 amide bonds. The van der Waals surface area contributed by atoms with Crippen LogP contribution >= 0.6 is 0 Å². The molecule has 0 aliphatic carbocycles. The van der Waals surface area contributed by atoms with Gasteiger partial charge in [0.25, 0.3) is 0 Å². The molecule has 0 radical (unpaired) electrons. The van der Waals surface area contributed by atoms with E-state index in [4.69, 9.17) is 4.74 Å². The van der Waals surface area contributed by atoms with Crippen LogP contribution in [0.25, 0.3) is 10.8 Å². The maximum absolute atomic E-state index is 12.1. The number of aliphatic hydroxyl groups excluding tert-OH is 1. The minimum Gasteiger partial charge on any atom is -0.497 e. The number of nitrogens with zero attached hydrogens (tertiary/aromatic N) is 1. The average molecular weight is 378 g/mol. The van der Waals surface area contributed by atoms with Gasteiger partial charge in [-0.1, -0.05) is 49.4 Å². The van der Waals surface area contributed by atoms with Gasteiger partial charge in [0.2, 0.25) is 5.91 Å². The van der Waals surface area contributed by atoms with Gasteiger partial charge in [0.05, 0.1) is 7.11 Å². The Hall–Kier alpha value is -2.93. The van der Waals surface area contributed by atoms with E-state index in [1.165, 1.54) is 5.01 Å². The molecule has 3 aromatic rings. The number of methoxy groups -OCH3 is 1. The van der Waals surface area contributed by atoms with Crippen molar-refractivity contribution in [2.45, 2.75) is 25.3 Å². The van der Waals surface area contributed by atoms with Crippen molar-refractivity contribution in [2.75, 3.05) is 7.11 Å². The van der Waals surface area contributed by atoms with E-state index in [2.05, 4.69) is 5.43 Å². The molecule has 1 aliphatic rings. The number of carbonyl (C=O) groups excluding carboxylic acids is 1. The highest BCUT2D eigenvalue weighted by molar-refractivity contribution is 5.85. The van der Waals surface area contributed by atoms with Gasteiger partial charge in [0.15, 0.2) is 12.0 Å². The van der Waals surface area contributed by atoms with Crippen LogP contribution in [0.5, 0.6) is 5.75 Å². The zero-order valence-corrected chi connectivity index (χ0v) is 15.7. The Balaban J connectivity index is 1.88. The van der Waals surface area contributed by atoms with Gasteiger partial charge in [-0.15, -0.1) is 5.01 Å². The number of hydrogen-bond acceptors (Lipinski definition) is 5. The summed E-state index contributed by atoms with van der Waals surface area (Å²) >= 11 is 0. The van der Waals surface area contributed by atoms with Crippen molar-refractivity contribution in [1.29, 1.82) is 0 Å². The molecule has 2 atom stereocenters. The van der Waals surface area contributed by atoms with Gasteiger partial charge in [-0.3, -0.25) is 10.2 Å². The summed E-state index contributed by atoms with van der Waals surface area (Å²) in [7, 11) is 1.61. The number of fused-ring (bicyclic) bond motifs is 2. The highest BCUT2D eigenvalue weighted by atomic mass is 16.5. The summed E-state index contributed by atoms with van der Waals surface area (Å²) in [4.78, 5) is 12.1. The fourth-order valence-electron chi connectivity index (χ4n) is 3.70. The Bertz CT molecular complexity index is 1050. The number of nitrogens with one attached hydrogen (secondary N) is 1. The highest BCUT2D eigenvalue weighted by Gasteiger charge is 2.51. The molecule has 3 N–H and O–H groups in total. The number of amides is 1. The van der Waals surface area contributed by atoms with E-state index in [-0.39, 0.29) is 12.3 Å². The molecule has 0 aromatic heterocycles. The molecular weight excluding hydrogens is 356 g/mol. The standard InChI is InChI=1S/C22H22N2O4/c1-3-20(25)23-24-21(26)18-6-4-5-7-19(18)22(24,27)16-10-8-15-13-17(28-2)11-9-14(15)12-16/h4-13,21,26-27H,3H2,1-2H3,(H,23,25). The van der Waals surface area contributed by atoms with Crippen LogP contribution in [0.1, 0.15) is 36.3 Å². The lowest BCUT2D eigenvalue weighted by atomic mass is 9.92. The normalized spacial score (nSPS) is 21.5. The summed E-state index contributed by atoms with van der Waals surface area (Å²) in [5.74, 6) is 0.452. The fraction of sp³-hybridized carbons (Fsp3) is 0.227. The third-order valence-corrected chi connectivity index (χ3v) is 5.22. The SMILES string of the molecule is CCC(=O)NN1C(O)c2ccccc2C1(O)c1ccc2cc(OC)ccc2c1. The smallest absolute Gasteiger partial charge is 0.234 e. The first-order valence-electron chi connectivity index (χ1n) is 9.16. The van der Waals surface area contributed by atoms with E-state index in [0.717, 1.165) is 16.5 Å². The largest absolute Gasteiger partial charge is 0.497 e. The first-order chi connectivity index (χ1) is 13.5. The van der Waals surface area contributed by atoms with Crippen LogP contribution in [-0.4, -0.2) is 28.2 Å². The molecule has 6 nitrogen and oxygen atoms in total. The average Bonchev–Trinajstić information content (AvgIpc) is 2.95. The summed E-state index contributed by atoms with van der Waals surface area (Å²) in [5, 5.41) is 25.7. The van der Waals surface area contributed by atoms with Crippen LogP contribution < -0.4 is 10.2 Å². The number of ether oxygens (including phenoxy) is 1. The molecule has 0 spiro atoms. The van der Waals surface area contributed by atoms with Crippen molar-refractivity contribution in [3.05, 3.63) is 77.4 Å². The van der Waals surface area contributed by atoms with Gasteiger partial charge in [-0.05, 0) is 29.0 Å². The van der Waals surface area contributed by atoms with Gasteiger partial charge < -0.3 is 14.9 Å². The van der Waals surface area contributed by atoms with Gasteiger partial charge in [0, 0.05) is 23.1 Å². The fourth-order valence-corrected chi connectivity index (χ4v) is 3.70. The summed E-state index contributed by atoms with van der Waals surface area (Å²) in [6.07, 6.45) is -0.934. The van der Waals surface area contributed by atoms with Crippen molar-refractivity contribution in [1.82, 2.24) is 10.4 Å². The van der Waals surface area contributed by atoms with Gasteiger partial charge in [-0.25, -0.2) is 0 Å². The van der Waals surface area contributed by atoms with Gasteiger partial charge in [0.1, 0.15) is 5.75 Å². The first-order valence-corrected chi connectivity index (χ1v) is 9.16. The van der Waals surface area contributed by atoms with Gasteiger partial charge >= 0.3 is 0 Å². The van der Waals surface area contributed by atoms with Crippen LogP contribution in [-0.2, 0) is 10.5 Å². The van der Waals surface area contributed by atoms with Gasteiger partial charge in [-0.2, -0.15) is 0 Å². The van der Waals surface area contributed by atoms with Crippen LogP contribution in [0.2, 0.25) is 0 Å². The van der Waals surface area contributed by atoms with E-state index in [1.54, 1.807) is 44.4 Å². The predicted molar refractivity (Wildman–Crippen MR) is 105 cm³/mol. The summed E-state index contributed by atoms with van der Waals surface area (Å²) < 4.78 is 5.27. The van der Waals surface area contributed by atoms with Crippen molar-refractivity contribution < 1.29 is 19.7 Å². The van der Waals surface area contributed by atoms with E-state index < -0.39 is 12.0 Å². The molecular formula is C22H22N2O4. The molecule has 28 heavy (non-hydrogen) atoms. The molecule has 3 aromatic carbocycles. The molecule has 1 aliphatic heterocycles. The summed E-state index contributed by atoms with van der Waals surface area (Å²) in [6, 6.07) is 18.3. The van der Waals surface area contributed by atoms with E-state index in [0.29, 0.717) is 16.7 Å². The maximum atomic E-state index is 12.1. The highest BCUT2D eigenvalue weighted by Crippen LogP contribution is 2.46. The number of hydrazine groups is 1. The second-order valence-corrected chi connectivity index (χ2v) is 6.82. The summed E-state index contributed by atoms with van der Waals surface area (Å²) in [5.41, 5.74) is 2.59. The number of hydrogen-bond donors (Lipinski definition) is 3. The Labute approximate surface area is 162 Å². The number of benzene rings is 3. The topological polar surface area (TPSA) is 82.0 Å². The quantitative estimate of drug-likeness (QED) is 0.650. The lowest BCUT2D eigenvalue weighted by Crippen LogP contribution is -2.53. The van der Waals surface area contributed by atoms with Crippen LogP contribution in [0.15, 0.2) is 60.7 Å². The number of rotatable bonds is 4. The molecule has 1 heterocycles. The molecule has 2 unspecified atom stereocenters. The zero-order chi connectivity index (χ0) is 19.9. The molecule has 0 saturated carbocycles. The zero-order valence-electron chi connectivity index (χ0n) is 15.7. The number of aliphatic hydroxyl groups is 2. The minimum absolute atomic E-state index is 0.229. The van der Waals surface area contributed by atoms with E-state index >= 15 is 0 Å². The third kappa shape index (κ3) is 2.74. The van der Waals surface area contributed by atoms with Crippen molar-refractivity contribution >= 4 is 16.7 Å². The Kier molecular flexibility index (Phi) is 4.55. The molecule has 0 bridgehead atoms. The molecule has 4 rings (SSSR count). The Morgan fingerprint density at radius 2 is 1.86 bits per heavy atom. The molecule has 0 fully saturated rings. The third-order valence-electron chi connectivity index (χ3n) is 5.22. The second-order valence-electron chi connectivity index (χ2n) is 6.82. The Morgan fingerprint density at radius 1 is 1.14 bits per heavy atom. The first kappa shape index (κ1) is 18.4. The van der Waals surface area contributed by atoms with E-state index in [9.17, 15) is 15.0 Å². The second kappa shape index (κ2) is 6.91. The number of carbonyl (C=O) groups is 1. The monoisotopic (exact) mass is 378 g/mol. The molecule has 6 heteroatoms. The van der Waals surface area contributed by atoms with Crippen LogP contribution in [0.3, 0.4) is 0 Å². The maximum Gasteiger partial charge on any atom is 0.234 e. The van der Waals surface area contributed by atoms with Crippen molar-refractivity contribution in [3.63, 3.8) is 0 Å². The van der Waals surface area contributed by atoms with Crippen LogP contribution in [0, 0.1) is 0 Å². The molecule has 144 valence electrons. The molecule has 0 saturated heterocycles.